The summed E-state index contributed by atoms with van der Waals surface area (Å²) in [6, 6.07) is 11.2. The van der Waals surface area contributed by atoms with Gasteiger partial charge in [0.25, 0.3) is 10.9 Å². The van der Waals surface area contributed by atoms with Gasteiger partial charge in [-0.05, 0) is 30.7 Å². The molecule has 0 radical (unpaired) electrons. The van der Waals surface area contributed by atoms with E-state index in [0.29, 0.717) is 46.9 Å². The zero-order valence-electron chi connectivity index (χ0n) is 19.5. The van der Waals surface area contributed by atoms with Gasteiger partial charge in [-0.2, -0.15) is 9.97 Å². The molecule has 1 fully saturated rings. The molecular weight excluding hydrogens is 480 g/mol. The van der Waals surface area contributed by atoms with Crippen molar-refractivity contribution in [2.75, 3.05) is 18.4 Å². The molecule has 6 rings (SSSR count). The van der Waals surface area contributed by atoms with Crippen molar-refractivity contribution >= 4 is 28.6 Å². The number of aryl methyl sites for hydroxylation is 2. The molecule has 5 heterocycles. The predicted molar refractivity (Wildman–Crippen MR) is 132 cm³/mol. The van der Waals surface area contributed by atoms with Crippen LogP contribution in [0.4, 0.5) is 5.69 Å². The number of imidazole rings is 2. The second kappa shape index (κ2) is 8.90. The van der Waals surface area contributed by atoms with Crippen molar-refractivity contribution in [2.24, 2.45) is 7.05 Å². The smallest absolute Gasteiger partial charge is 0.283 e. The van der Waals surface area contributed by atoms with E-state index in [-0.39, 0.29) is 11.8 Å². The lowest BCUT2D eigenvalue weighted by atomic mass is 10.0. The zero-order chi connectivity index (χ0) is 24.8. The molecule has 0 bridgehead atoms. The molecule has 0 saturated carbocycles. The molecule has 182 valence electrons. The highest BCUT2D eigenvalue weighted by Crippen LogP contribution is 2.32. The summed E-state index contributed by atoms with van der Waals surface area (Å²) in [7, 11) is 1.84. The molecule has 1 aliphatic rings. The van der Waals surface area contributed by atoms with E-state index in [1.165, 1.54) is 0 Å². The molecule has 0 aliphatic carbocycles. The van der Waals surface area contributed by atoms with Gasteiger partial charge in [0.1, 0.15) is 22.7 Å². The Balaban J connectivity index is 1.16. The Bertz CT molecular complexity index is 1570. The number of carbonyl (C=O) groups is 1. The highest BCUT2D eigenvalue weighted by molar-refractivity contribution is 7.89. The summed E-state index contributed by atoms with van der Waals surface area (Å²) in [5, 5.41) is 7.63. The second-order valence-corrected chi connectivity index (χ2v) is 10.1. The summed E-state index contributed by atoms with van der Waals surface area (Å²) in [4.78, 5) is 26.0. The van der Waals surface area contributed by atoms with Gasteiger partial charge in [-0.1, -0.05) is 23.4 Å². The largest absolute Gasteiger partial charge is 0.591 e. The van der Waals surface area contributed by atoms with E-state index in [1.807, 2.05) is 54.7 Å². The topological polar surface area (TPSA) is 129 Å². The van der Waals surface area contributed by atoms with E-state index in [1.54, 1.807) is 33.9 Å². The fraction of sp³-hybridized carbons (Fsp3) is 0.208. The quantitative estimate of drug-likeness (QED) is 0.351. The number of amides is 1. The molecule has 11 nitrogen and oxygen atoms in total. The van der Waals surface area contributed by atoms with Gasteiger partial charge in [0.05, 0.1) is 37.7 Å². The second-order valence-electron chi connectivity index (χ2n) is 8.68. The molecule has 1 saturated heterocycles. The summed E-state index contributed by atoms with van der Waals surface area (Å²) in [6.45, 7) is 3.00. The average Bonchev–Trinajstić information content (AvgIpc) is 3.59. The van der Waals surface area contributed by atoms with Gasteiger partial charge in [-0.25, -0.2) is 4.98 Å². The molecule has 0 spiro atoms. The number of hydrogen-bond acceptors (Lipinski definition) is 8. The Hall–Kier alpha value is -4.00. The van der Waals surface area contributed by atoms with Crippen LogP contribution in [0.5, 0.6) is 0 Å². The van der Waals surface area contributed by atoms with Crippen LogP contribution >= 0.6 is 0 Å². The van der Waals surface area contributed by atoms with Crippen molar-refractivity contribution in [3.05, 3.63) is 78.5 Å². The number of benzene rings is 1. The third kappa shape index (κ3) is 4.04. The summed E-state index contributed by atoms with van der Waals surface area (Å²) in [5.41, 5.74) is 3.41. The first-order valence-electron chi connectivity index (χ1n) is 11.3. The highest BCUT2D eigenvalue weighted by Gasteiger charge is 2.41. The number of hydrogen-bond donors (Lipinski definition) is 1. The van der Waals surface area contributed by atoms with Crippen LogP contribution in [0, 0.1) is 6.92 Å². The number of pyridine rings is 1. The maximum absolute atomic E-state index is 13.0. The number of fused-ring (bicyclic) bond motifs is 1. The molecule has 1 amide bonds. The summed E-state index contributed by atoms with van der Waals surface area (Å²) < 4.78 is 23.5. The normalized spacial score (nSPS) is 15.2. The standard InChI is InChI=1S/C24H22N8O3S/c1-15-6-7-16(9-18(15)27-23(33)19-10-25-20-5-3-4-8-32(19)20)22-28-24(35-29-22)17-11-31(12-17)36(34)21-13-30(2)14-26-21/h3-10,13-14,17H,11-12H2,1-2H3,(H,27,33). The zero-order valence-corrected chi connectivity index (χ0v) is 20.3. The molecular formula is C24H22N8O3S. The first-order chi connectivity index (χ1) is 17.5. The first kappa shape index (κ1) is 22.5. The monoisotopic (exact) mass is 502 g/mol. The minimum absolute atomic E-state index is 0.00122. The fourth-order valence-corrected chi connectivity index (χ4v) is 5.33. The van der Waals surface area contributed by atoms with Crippen LogP contribution in [0.3, 0.4) is 0 Å². The third-order valence-corrected chi connectivity index (χ3v) is 7.46. The average molecular weight is 503 g/mol. The molecule has 1 atom stereocenters. The van der Waals surface area contributed by atoms with Crippen LogP contribution in [0.25, 0.3) is 17.0 Å². The summed E-state index contributed by atoms with van der Waals surface area (Å²) in [5.74, 6) is 0.660. The van der Waals surface area contributed by atoms with E-state index >= 15 is 0 Å². The lowest BCUT2D eigenvalue weighted by Gasteiger charge is -2.34. The van der Waals surface area contributed by atoms with Crippen LogP contribution in [-0.4, -0.2) is 56.9 Å². The van der Waals surface area contributed by atoms with Gasteiger partial charge in [0, 0.05) is 24.5 Å². The number of aromatic nitrogens is 6. The molecule has 1 aromatic carbocycles. The Morgan fingerprint density at radius 3 is 2.89 bits per heavy atom. The minimum Gasteiger partial charge on any atom is -0.591 e. The van der Waals surface area contributed by atoms with Gasteiger partial charge in [0.2, 0.25) is 11.7 Å². The van der Waals surface area contributed by atoms with Gasteiger partial charge < -0.3 is 19.0 Å². The SMILES string of the molecule is Cc1ccc(-c2noc(C3CN([S+]([O-])c4cn(C)cn4)C3)n2)cc1NC(=O)c1cnc2ccccn12. The highest BCUT2D eigenvalue weighted by atomic mass is 32.2. The van der Waals surface area contributed by atoms with Crippen LogP contribution in [0.2, 0.25) is 0 Å². The molecule has 5 aromatic rings. The van der Waals surface area contributed by atoms with Crippen LogP contribution in [-0.2, 0) is 18.4 Å². The Morgan fingerprint density at radius 2 is 2.08 bits per heavy atom. The van der Waals surface area contributed by atoms with Crippen molar-refractivity contribution < 1.29 is 13.9 Å². The summed E-state index contributed by atoms with van der Waals surface area (Å²) >= 11 is -1.31. The third-order valence-electron chi connectivity index (χ3n) is 6.13. The fourth-order valence-electron chi connectivity index (χ4n) is 4.04. The number of carbonyl (C=O) groups excluding carboxylic acids is 1. The van der Waals surface area contributed by atoms with E-state index < -0.39 is 11.4 Å². The summed E-state index contributed by atoms with van der Waals surface area (Å²) in [6.07, 6.45) is 6.73. The Morgan fingerprint density at radius 1 is 1.22 bits per heavy atom. The van der Waals surface area contributed by atoms with Crippen LogP contribution in [0.1, 0.15) is 27.9 Å². The van der Waals surface area contributed by atoms with E-state index in [0.717, 1.165) is 11.1 Å². The number of anilines is 1. The van der Waals surface area contributed by atoms with Crippen molar-refractivity contribution in [3.63, 3.8) is 0 Å². The lowest BCUT2D eigenvalue weighted by molar-refractivity contribution is 0.102. The van der Waals surface area contributed by atoms with Gasteiger partial charge in [-0.15, -0.1) is 4.31 Å². The number of rotatable bonds is 6. The van der Waals surface area contributed by atoms with Crippen LogP contribution < -0.4 is 5.32 Å². The number of nitrogens with one attached hydrogen (secondary N) is 1. The van der Waals surface area contributed by atoms with Gasteiger partial charge >= 0.3 is 0 Å². The molecule has 4 aromatic heterocycles. The van der Waals surface area contributed by atoms with E-state index in [9.17, 15) is 9.35 Å². The maximum Gasteiger partial charge on any atom is 0.283 e. The lowest BCUT2D eigenvalue weighted by Crippen LogP contribution is -2.48. The van der Waals surface area contributed by atoms with Crippen molar-refractivity contribution in [2.45, 2.75) is 17.9 Å². The number of nitrogens with zero attached hydrogens (tertiary/aromatic N) is 7. The van der Waals surface area contributed by atoms with Gasteiger partial charge in [0.15, 0.2) is 0 Å². The Labute approximate surface area is 209 Å². The molecule has 12 heteroatoms. The van der Waals surface area contributed by atoms with E-state index in [2.05, 4.69) is 25.4 Å². The van der Waals surface area contributed by atoms with E-state index in [4.69, 9.17) is 4.52 Å². The first-order valence-corrected chi connectivity index (χ1v) is 12.4. The predicted octanol–water partition coefficient (Wildman–Crippen LogP) is 2.80. The van der Waals surface area contributed by atoms with Crippen molar-refractivity contribution in [1.29, 1.82) is 0 Å². The molecule has 1 N–H and O–H groups in total. The van der Waals surface area contributed by atoms with Gasteiger partial charge in [-0.3, -0.25) is 9.20 Å². The Kier molecular flexibility index (Phi) is 5.55. The molecule has 36 heavy (non-hydrogen) atoms. The molecule has 1 aliphatic heterocycles. The van der Waals surface area contributed by atoms with Crippen molar-refractivity contribution in [1.82, 2.24) is 33.4 Å². The van der Waals surface area contributed by atoms with Crippen LogP contribution in [0.15, 0.2) is 70.9 Å². The molecule has 1 unspecified atom stereocenters. The van der Waals surface area contributed by atoms with Crippen molar-refractivity contribution in [3.8, 4) is 11.4 Å². The minimum atomic E-state index is -1.31. The maximum atomic E-state index is 13.0.